The minimum absolute atomic E-state index is 0.170. The summed E-state index contributed by atoms with van der Waals surface area (Å²) in [5.74, 6) is 0.421. The monoisotopic (exact) mass is 256 g/mol. The standard InChI is InChI=1S/C14H28N2O2/c1-4-16-14(13(15)17)8-5-6-12(10-14)18-9-7-11(2)3/h11-12,16H,4-10H2,1-3H3,(H2,15,17). The number of nitrogens with two attached hydrogens (primary N) is 1. The fourth-order valence-corrected chi connectivity index (χ4v) is 2.65. The van der Waals surface area contributed by atoms with Gasteiger partial charge in [-0.2, -0.15) is 0 Å². The molecule has 0 aromatic carbocycles. The van der Waals surface area contributed by atoms with Gasteiger partial charge in [0.05, 0.1) is 6.10 Å². The first-order valence-corrected chi connectivity index (χ1v) is 7.16. The molecule has 0 saturated heterocycles. The second-order valence-corrected chi connectivity index (χ2v) is 5.75. The zero-order valence-corrected chi connectivity index (χ0v) is 12.0. The Hall–Kier alpha value is -0.610. The number of rotatable bonds is 7. The number of carbonyl (C=O) groups excluding carboxylic acids is 1. The molecule has 2 atom stereocenters. The predicted molar refractivity (Wildman–Crippen MR) is 73.3 cm³/mol. The normalized spacial score (nSPS) is 28.6. The van der Waals surface area contributed by atoms with Crippen molar-refractivity contribution < 1.29 is 9.53 Å². The molecule has 1 aliphatic rings. The Morgan fingerprint density at radius 3 is 2.83 bits per heavy atom. The van der Waals surface area contributed by atoms with Crippen LogP contribution in [0.5, 0.6) is 0 Å². The Balaban J connectivity index is 2.50. The van der Waals surface area contributed by atoms with Crippen LogP contribution in [0.25, 0.3) is 0 Å². The highest BCUT2D eigenvalue weighted by atomic mass is 16.5. The molecule has 3 N–H and O–H groups in total. The molecule has 0 radical (unpaired) electrons. The topological polar surface area (TPSA) is 64.3 Å². The fourth-order valence-electron chi connectivity index (χ4n) is 2.65. The molecule has 1 saturated carbocycles. The highest BCUT2D eigenvalue weighted by Gasteiger charge is 2.40. The molecule has 0 aliphatic heterocycles. The highest BCUT2D eigenvalue weighted by molar-refractivity contribution is 5.84. The molecule has 0 heterocycles. The Labute approximate surface area is 111 Å². The summed E-state index contributed by atoms with van der Waals surface area (Å²) < 4.78 is 5.90. The molecule has 106 valence electrons. The summed E-state index contributed by atoms with van der Waals surface area (Å²) >= 11 is 0. The van der Waals surface area contributed by atoms with Crippen LogP contribution in [0.3, 0.4) is 0 Å². The molecule has 1 rings (SSSR count). The van der Waals surface area contributed by atoms with Crippen molar-refractivity contribution in [2.45, 2.75) is 64.5 Å². The van der Waals surface area contributed by atoms with Crippen molar-refractivity contribution in [1.29, 1.82) is 0 Å². The van der Waals surface area contributed by atoms with Gasteiger partial charge in [0.15, 0.2) is 0 Å². The molecular weight excluding hydrogens is 228 g/mol. The predicted octanol–water partition coefficient (Wildman–Crippen LogP) is 1.83. The van der Waals surface area contributed by atoms with E-state index < -0.39 is 5.54 Å². The van der Waals surface area contributed by atoms with Crippen molar-refractivity contribution in [3.05, 3.63) is 0 Å². The quantitative estimate of drug-likeness (QED) is 0.730. The molecule has 0 aromatic rings. The molecule has 2 unspecified atom stereocenters. The van der Waals surface area contributed by atoms with E-state index in [9.17, 15) is 4.79 Å². The summed E-state index contributed by atoms with van der Waals surface area (Å²) in [6.07, 6.45) is 4.83. The lowest BCUT2D eigenvalue weighted by Crippen LogP contribution is -2.58. The van der Waals surface area contributed by atoms with Crippen LogP contribution in [0.4, 0.5) is 0 Å². The first-order chi connectivity index (χ1) is 8.50. The number of primary amides is 1. The lowest BCUT2D eigenvalue weighted by atomic mass is 9.79. The van der Waals surface area contributed by atoms with E-state index in [0.717, 1.165) is 38.8 Å². The van der Waals surface area contributed by atoms with Crippen LogP contribution in [0.2, 0.25) is 0 Å². The van der Waals surface area contributed by atoms with E-state index in [2.05, 4.69) is 19.2 Å². The van der Waals surface area contributed by atoms with Crippen LogP contribution >= 0.6 is 0 Å². The molecule has 0 bridgehead atoms. The second-order valence-electron chi connectivity index (χ2n) is 5.75. The Morgan fingerprint density at radius 1 is 1.56 bits per heavy atom. The maximum atomic E-state index is 11.7. The van der Waals surface area contributed by atoms with Gasteiger partial charge in [-0.25, -0.2) is 0 Å². The Morgan fingerprint density at radius 2 is 2.28 bits per heavy atom. The largest absolute Gasteiger partial charge is 0.378 e. The third kappa shape index (κ3) is 4.25. The molecule has 1 amide bonds. The zero-order chi connectivity index (χ0) is 13.6. The van der Waals surface area contributed by atoms with Crippen LogP contribution in [0.1, 0.15) is 52.9 Å². The van der Waals surface area contributed by atoms with Crippen LogP contribution in [-0.2, 0) is 9.53 Å². The highest BCUT2D eigenvalue weighted by Crippen LogP contribution is 2.30. The van der Waals surface area contributed by atoms with Crippen molar-refractivity contribution >= 4 is 5.91 Å². The molecule has 0 aromatic heterocycles. The van der Waals surface area contributed by atoms with Gasteiger partial charge < -0.3 is 15.8 Å². The SMILES string of the molecule is CCNC1(C(N)=O)CCCC(OCCC(C)C)C1. The lowest BCUT2D eigenvalue weighted by molar-refractivity contribution is -0.128. The van der Waals surface area contributed by atoms with Gasteiger partial charge in [0, 0.05) is 13.0 Å². The van der Waals surface area contributed by atoms with E-state index in [1.165, 1.54) is 0 Å². The van der Waals surface area contributed by atoms with Crippen molar-refractivity contribution in [3.63, 3.8) is 0 Å². The number of amides is 1. The van der Waals surface area contributed by atoms with Crippen LogP contribution in [-0.4, -0.2) is 30.7 Å². The Kier molecular flexibility index (Phi) is 6.09. The van der Waals surface area contributed by atoms with Crippen LogP contribution in [0, 0.1) is 5.92 Å². The van der Waals surface area contributed by atoms with E-state index in [-0.39, 0.29) is 12.0 Å². The Bertz CT molecular complexity index is 265. The molecule has 1 fully saturated rings. The molecule has 4 nitrogen and oxygen atoms in total. The number of nitrogens with one attached hydrogen (secondary N) is 1. The summed E-state index contributed by atoms with van der Waals surface area (Å²) in [7, 11) is 0. The third-order valence-corrected chi connectivity index (χ3v) is 3.74. The minimum atomic E-state index is -0.546. The summed E-state index contributed by atoms with van der Waals surface area (Å²) in [6.45, 7) is 7.94. The van der Waals surface area contributed by atoms with E-state index >= 15 is 0 Å². The average molecular weight is 256 g/mol. The molecule has 18 heavy (non-hydrogen) atoms. The van der Waals surface area contributed by atoms with Crippen molar-refractivity contribution in [1.82, 2.24) is 5.32 Å². The molecule has 4 heteroatoms. The summed E-state index contributed by atoms with van der Waals surface area (Å²) in [5, 5.41) is 3.27. The molecule has 0 spiro atoms. The van der Waals surface area contributed by atoms with Crippen molar-refractivity contribution in [3.8, 4) is 0 Å². The number of carbonyl (C=O) groups is 1. The number of hydrogen-bond acceptors (Lipinski definition) is 3. The van der Waals surface area contributed by atoms with Gasteiger partial charge in [-0.1, -0.05) is 20.8 Å². The maximum absolute atomic E-state index is 11.7. The first-order valence-electron chi connectivity index (χ1n) is 7.16. The summed E-state index contributed by atoms with van der Waals surface area (Å²) in [5.41, 5.74) is 5.02. The van der Waals surface area contributed by atoms with E-state index in [1.807, 2.05) is 6.92 Å². The number of likely N-dealkylation sites (N-methyl/N-ethyl adjacent to an activating group) is 1. The van der Waals surface area contributed by atoms with E-state index in [0.29, 0.717) is 12.3 Å². The number of hydrogen-bond donors (Lipinski definition) is 2. The maximum Gasteiger partial charge on any atom is 0.237 e. The number of ether oxygens (including phenoxy) is 1. The smallest absolute Gasteiger partial charge is 0.237 e. The molecule has 1 aliphatic carbocycles. The van der Waals surface area contributed by atoms with Crippen LogP contribution in [0.15, 0.2) is 0 Å². The van der Waals surface area contributed by atoms with Crippen molar-refractivity contribution in [2.24, 2.45) is 11.7 Å². The zero-order valence-electron chi connectivity index (χ0n) is 12.0. The molecular formula is C14H28N2O2. The minimum Gasteiger partial charge on any atom is -0.378 e. The third-order valence-electron chi connectivity index (χ3n) is 3.74. The van der Waals surface area contributed by atoms with Gasteiger partial charge in [0.1, 0.15) is 5.54 Å². The van der Waals surface area contributed by atoms with Gasteiger partial charge in [0.2, 0.25) is 5.91 Å². The fraction of sp³-hybridized carbons (Fsp3) is 0.929. The lowest BCUT2D eigenvalue weighted by Gasteiger charge is -2.39. The summed E-state index contributed by atoms with van der Waals surface area (Å²) in [6, 6.07) is 0. The first kappa shape index (κ1) is 15.4. The summed E-state index contributed by atoms with van der Waals surface area (Å²) in [4.78, 5) is 11.7. The van der Waals surface area contributed by atoms with Gasteiger partial charge >= 0.3 is 0 Å². The average Bonchev–Trinajstić information content (AvgIpc) is 2.29. The van der Waals surface area contributed by atoms with Crippen molar-refractivity contribution in [2.75, 3.05) is 13.2 Å². The van der Waals surface area contributed by atoms with Gasteiger partial charge in [-0.15, -0.1) is 0 Å². The second kappa shape index (κ2) is 7.10. The van der Waals surface area contributed by atoms with Gasteiger partial charge in [-0.3, -0.25) is 4.79 Å². The van der Waals surface area contributed by atoms with E-state index in [1.54, 1.807) is 0 Å². The van der Waals surface area contributed by atoms with Gasteiger partial charge in [0.25, 0.3) is 0 Å². The van der Waals surface area contributed by atoms with Crippen LogP contribution < -0.4 is 11.1 Å². The van der Waals surface area contributed by atoms with E-state index in [4.69, 9.17) is 10.5 Å². The van der Waals surface area contributed by atoms with Gasteiger partial charge in [-0.05, 0) is 38.1 Å².